The van der Waals surface area contributed by atoms with Crippen molar-refractivity contribution in [2.45, 2.75) is 6.18 Å². The van der Waals surface area contributed by atoms with Crippen molar-refractivity contribution in [1.82, 2.24) is 0 Å². The second-order valence-electron chi connectivity index (χ2n) is 4.79. The Hall–Kier alpha value is -3.43. The molecule has 0 aliphatic rings. The lowest BCUT2D eigenvalue weighted by Crippen LogP contribution is -2.18. The van der Waals surface area contributed by atoms with Crippen molar-refractivity contribution >= 4 is 23.3 Å². The van der Waals surface area contributed by atoms with E-state index in [1.807, 2.05) is 0 Å². The fraction of sp³-hybridized carbons (Fsp3) is 0.0667. The fourth-order valence-corrected chi connectivity index (χ4v) is 2.08. The number of aromatic carboxylic acids is 1. The lowest BCUT2D eigenvalue weighted by molar-refractivity contribution is -0.385. The van der Waals surface area contributed by atoms with Crippen molar-refractivity contribution in [3.63, 3.8) is 0 Å². The van der Waals surface area contributed by atoms with Crippen LogP contribution in [0.4, 0.5) is 24.5 Å². The predicted molar refractivity (Wildman–Crippen MR) is 79.5 cm³/mol. The highest BCUT2D eigenvalue weighted by atomic mass is 19.4. The highest BCUT2D eigenvalue weighted by molar-refractivity contribution is 6.12. The van der Waals surface area contributed by atoms with Crippen LogP contribution in [0.15, 0.2) is 42.5 Å². The lowest BCUT2D eigenvalue weighted by Gasteiger charge is -2.11. The molecule has 0 aliphatic carbocycles. The van der Waals surface area contributed by atoms with Crippen LogP contribution in [0.3, 0.4) is 0 Å². The maximum atomic E-state index is 12.7. The van der Waals surface area contributed by atoms with E-state index in [9.17, 15) is 32.9 Å². The number of carbonyl (C=O) groups excluding carboxylic acids is 1. The first kappa shape index (κ1) is 17.9. The molecule has 0 atom stereocenters. The van der Waals surface area contributed by atoms with Gasteiger partial charge in [0.2, 0.25) is 0 Å². The van der Waals surface area contributed by atoms with Crippen molar-refractivity contribution < 1.29 is 32.8 Å². The molecule has 130 valence electrons. The Morgan fingerprint density at radius 3 is 2.32 bits per heavy atom. The third-order valence-electron chi connectivity index (χ3n) is 3.15. The summed E-state index contributed by atoms with van der Waals surface area (Å²) in [5, 5.41) is 22.1. The number of carboxylic acid groups (broad SMARTS) is 1. The summed E-state index contributed by atoms with van der Waals surface area (Å²) in [6, 6.07) is 6.73. The highest BCUT2D eigenvalue weighted by Gasteiger charge is 2.31. The molecule has 0 aromatic heterocycles. The quantitative estimate of drug-likeness (QED) is 0.644. The average Bonchev–Trinajstić information content (AvgIpc) is 2.53. The summed E-state index contributed by atoms with van der Waals surface area (Å²) in [7, 11) is 0. The zero-order valence-electron chi connectivity index (χ0n) is 12.2. The number of nitro benzene ring substituents is 1. The number of nitro groups is 1. The van der Waals surface area contributed by atoms with Crippen LogP contribution in [-0.2, 0) is 6.18 Å². The summed E-state index contributed by atoms with van der Waals surface area (Å²) < 4.78 is 38.0. The third-order valence-corrected chi connectivity index (χ3v) is 3.15. The Morgan fingerprint density at radius 2 is 1.76 bits per heavy atom. The molecule has 0 aliphatic heterocycles. The minimum absolute atomic E-state index is 0.234. The van der Waals surface area contributed by atoms with Gasteiger partial charge in [-0.15, -0.1) is 0 Å². The second kappa shape index (κ2) is 6.59. The molecule has 2 rings (SSSR count). The molecule has 0 fully saturated rings. The van der Waals surface area contributed by atoms with Gasteiger partial charge in [0.15, 0.2) is 0 Å². The van der Waals surface area contributed by atoms with Gasteiger partial charge in [0.05, 0.1) is 16.1 Å². The number of nitrogens with zero attached hydrogens (tertiary/aromatic N) is 1. The highest BCUT2D eigenvalue weighted by Crippen LogP contribution is 2.31. The van der Waals surface area contributed by atoms with Crippen LogP contribution in [0, 0.1) is 10.1 Å². The molecule has 2 aromatic carbocycles. The number of carboxylic acids is 1. The molecule has 2 aromatic rings. The van der Waals surface area contributed by atoms with Crippen LogP contribution in [-0.4, -0.2) is 21.9 Å². The molecule has 0 saturated carbocycles. The summed E-state index contributed by atoms with van der Waals surface area (Å²) in [4.78, 5) is 33.4. The van der Waals surface area contributed by atoms with Crippen LogP contribution in [0.25, 0.3) is 0 Å². The van der Waals surface area contributed by atoms with Crippen LogP contribution in [0.5, 0.6) is 0 Å². The van der Waals surface area contributed by atoms with E-state index >= 15 is 0 Å². The number of amides is 1. The monoisotopic (exact) mass is 354 g/mol. The molecule has 0 saturated heterocycles. The molecular weight excluding hydrogens is 345 g/mol. The summed E-state index contributed by atoms with van der Waals surface area (Å²) in [5.41, 5.74) is -3.44. The number of hydrogen-bond donors (Lipinski definition) is 2. The fourth-order valence-electron chi connectivity index (χ4n) is 2.08. The maximum absolute atomic E-state index is 12.7. The molecule has 0 heterocycles. The Kier molecular flexibility index (Phi) is 4.72. The van der Waals surface area contributed by atoms with Gasteiger partial charge in [-0.25, -0.2) is 4.79 Å². The first-order chi connectivity index (χ1) is 11.6. The van der Waals surface area contributed by atoms with Gasteiger partial charge in [-0.1, -0.05) is 12.1 Å². The Labute approximate surface area is 137 Å². The number of anilines is 1. The normalized spacial score (nSPS) is 11.0. The Bertz CT molecular complexity index is 864. The van der Waals surface area contributed by atoms with Crippen molar-refractivity contribution in [3.05, 3.63) is 69.3 Å². The Balaban J connectivity index is 2.41. The van der Waals surface area contributed by atoms with E-state index in [1.165, 1.54) is 6.07 Å². The molecule has 7 nitrogen and oxygen atoms in total. The largest absolute Gasteiger partial charge is 0.477 e. The predicted octanol–water partition coefficient (Wildman–Crippen LogP) is 3.56. The Morgan fingerprint density at radius 1 is 1.12 bits per heavy atom. The number of carbonyl (C=O) groups is 2. The van der Waals surface area contributed by atoms with E-state index < -0.39 is 45.4 Å². The van der Waals surface area contributed by atoms with E-state index in [4.69, 9.17) is 5.11 Å². The number of halogens is 3. The van der Waals surface area contributed by atoms with Gasteiger partial charge in [-0.3, -0.25) is 14.9 Å². The van der Waals surface area contributed by atoms with Gasteiger partial charge in [-0.2, -0.15) is 13.2 Å². The molecule has 2 N–H and O–H groups in total. The van der Waals surface area contributed by atoms with Crippen LogP contribution < -0.4 is 5.32 Å². The van der Waals surface area contributed by atoms with Crippen LogP contribution >= 0.6 is 0 Å². The molecule has 1 amide bonds. The zero-order valence-corrected chi connectivity index (χ0v) is 12.2. The molecule has 0 bridgehead atoms. The number of nitrogens with one attached hydrogen (secondary N) is 1. The molecular formula is C15H9F3N2O5. The summed E-state index contributed by atoms with van der Waals surface area (Å²) in [6.45, 7) is 0. The van der Waals surface area contributed by atoms with E-state index in [-0.39, 0.29) is 5.69 Å². The third kappa shape index (κ3) is 3.91. The van der Waals surface area contributed by atoms with Crippen molar-refractivity contribution in [2.75, 3.05) is 5.32 Å². The minimum Gasteiger partial charge on any atom is -0.477 e. The number of alkyl halides is 3. The smallest absolute Gasteiger partial charge is 0.416 e. The topological polar surface area (TPSA) is 110 Å². The SMILES string of the molecule is O=C(Nc1cccc(C(F)(F)F)c1)c1cccc([N+](=O)[O-])c1C(=O)O. The number of benzene rings is 2. The summed E-state index contributed by atoms with van der Waals surface area (Å²) in [5.74, 6) is -2.79. The van der Waals surface area contributed by atoms with Crippen LogP contribution in [0.2, 0.25) is 0 Å². The molecule has 25 heavy (non-hydrogen) atoms. The van der Waals surface area contributed by atoms with Crippen molar-refractivity contribution in [3.8, 4) is 0 Å². The van der Waals surface area contributed by atoms with E-state index in [1.54, 1.807) is 0 Å². The molecule has 10 heteroatoms. The minimum atomic E-state index is -4.63. The van der Waals surface area contributed by atoms with E-state index in [0.29, 0.717) is 6.07 Å². The zero-order chi connectivity index (χ0) is 18.8. The standard InChI is InChI=1S/C15H9F3N2O5/c16-15(17,18)8-3-1-4-9(7-8)19-13(21)10-5-2-6-11(20(24)25)12(10)14(22)23/h1-7H,(H,19,21)(H,22,23). The lowest BCUT2D eigenvalue weighted by atomic mass is 10.0. The van der Waals surface area contributed by atoms with Crippen molar-refractivity contribution in [2.24, 2.45) is 0 Å². The first-order valence-corrected chi connectivity index (χ1v) is 6.60. The number of hydrogen-bond acceptors (Lipinski definition) is 4. The van der Waals surface area contributed by atoms with E-state index in [2.05, 4.69) is 5.32 Å². The molecule has 0 radical (unpaired) electrons. The van der Waals surface area contributed by atoms with Crippen LogP contribution in [0.1, 0.15) is 26.3 Å². The summed E-state index contributed by atoms with van der Waals surface area (Å²) >= 11 is 0. The summed E-state index contributed by atoms with van der Waals surface area (Å²) in [6.07, 6.45) is -4.63. The van der Waals surface area contributed by atoms with Gasteiger partial charge in [0.25, 0.3) is 11.6 Å². The molecule has 0 spiro atoms. The van der Waals surface area contributed by atoms with Crippen molar-refractivity contribution in [1.29, 1.82) is 0 Å². The maximum Gasteiger partial charge on any atom is 0.416 e. The van der Waals surface area contributed by atoms with Gasteiger partial charge in [0, 0.05) is 11.8 Å². The van der Waals surface area contributed by atoms with Gasteiger partial charge in [0.1, 0.15) is 5.56 Å². The van der Waals surface area contributed by atoms with E-state index in [0.717, 1.165) is 30.3 Å². The van der Waals surface area contributed by atoms with Gasteiger partial charge < -0.3 is 10.4 Å². The average molecular weight is 354 g/mol. The molecule has 0 unspecified atom stereocenters. The second-order valence-corrected chi connectivity index (χ2v) is 4.79. The van der Waals surface area contributed by atoms with Gasteiger partial charge in [-0.05, 0) is 24.3 Å². The number of rotatable bonds is 4. The van der Waals surface area contributed by atoms with Gasteiger partial charge >= 0.3 is 12.1 Å². The first-order valence-electron chi connectivity index (χ1n) is 6.60.